The lowest BCUT2D eigenvalue weighted by molar-refractivity contribution is -0.0890. The van der Waals surface area contributed by atoms with Crippen LogP contribution in [0.2, 0.25) is 0 Å². The van der Waals surface area contributed by atoms with Gasteiger partial charge in [-0.05, 0) is 49.8 Å². The van der Waals surface area contributed by atoms with Gasteiger partial charge in [0, 0.05) is 43.9 Å². The Labute approximate surface area is 150 Å². The molecule has 1 aromatic rings. The van der Waals surface area contributed by atoms with E-state index in [1.165, 1.54) is 55.8 Å². The monoisotopic (exact) mass is 346 g/mol. The van der Waals surface area contributed by atoms with E-state index in [1.807, 2.05) is 11.9 Å². The molecule has 24 heavy (non-hydrogen) atoms. The lowest BCUT2D eigenvalue weighted by atomic mass is 9.99. The maximum absolute atomic E-state index is 6.29. The molecule has 132 valence electrons. The summed E-state index contributed by atoms with van der Waals surface area (Å²) in [5.41, 5.74) is 1.30. The zero-order valence-corrected chi connectivity index (χ0v) is 15.7. The van der Waals surface area contributed by atoms with Crippen molar-refractivity contribution in [2.75, 3.05) is 32.8 Å². The Kier molecular flexibility index (Phi) is 5.18. The van der Waals surface area contributed by atoms with Crippen LogP contribution in [0.1, 0.15) is 44.1 Å². The minimum Gasteiger partial charge on any atom is -0.358 e. The Morgan fingerprint density at radius 1 is 1.08 bits per heavy atom. The number of benzene rings is 1. The van der Waals surface area contributed by atoms with Crippen LogP contribution in [0, 0.1) is 12.8 Å². The smallest absolute Gasteiger partial charge is 0.133 e. The predicted molar refractivity (Wildman–Crippen MR) is 100 cm³/mol. The van der Waals surface area contributed by atoms with Gasteiger partial charge >= 0.3 is 0 Å². The van der Waals surface area contributed by atoms with E-state index >= 15 is 0 Å². The van der Waals surface area contributed by atoms with Crippen LogP contribution < -0.4 is 0 Å². The van der Waals surface area contributed by atoms with Gasteiger partial charge in [0.05, 0.1) is 6.61 Å². The quantitative estimate of drug-likeness (QED) is 0.754. The Morgan fingerprint density at radius 2 is 1.79 bits per heavy atom. The highest BCUT2D eigenvalue weighted by Gasteiger charge is 2.45. The van der Waals surface area contributed by atoms with Crippen molar-refractivity contribution in [3.05, 3.63) is 29.8 Å². The number of likely N-dealkylation sites (tertiary alicyclic amines) is 1. The van der Waals surface area contributed by atoms with Crippen molar-refractivity contribution in [3.63, 3.8) is 0 Å². The third-order valence-electron chi connectivity index (χ3n) is 5.98. The Hall–Kier alpha value is -0.550. The molecule has 1 aromatic carbocycles. The van der Waals surface area contributed by atoms with E-state index in [1.54, 1.807) is 0 Å². The second-order valence-electron chi connectivity index (χ2n) is 7.75. The molecule has 2 saturated heterocycles. The topological polar surface area (TPSA) is 15.7 Å². The van der Waals surface area contributed by atoms with Crippen LogP contribution >= 0.6 is 11.9 Å². The Bertz CT molecular complexity index is 533. The molecule has 3 fully saturated rings. The number of piperidine rings is 1. The van der Waals surface area contributed by atoms with E-state index in [0.717, 1.165) is 31.9 Å². The van der Waals surface area contributed by atoms with Crippen LogP contribution in [-0.2, 0) is 4.74 Å². The summed E-state index contributed by atoms with van der Waals surface area (Å²) in [4.78, 5) is 4.02. The molecular weight excluding hydrogens is 316 g/mol. The van der Waals surface area contributed by atoms with Crippen LogP contribution in [0.15, 0.2) is 29.2 Å². The van der Waals surface area contributed by atoms with Gasteiger partial charge in [-0.2, -0.15) is 0 Å². The van der Waals surface area contributed by atoms with Gasteiger partial charge in [0.25, 0.3) is 0 Å². The Morgan fingerprint density at radius 3 is 2.50 bits per heavy atom. The van der Waals surface area contributed by atoms with E-state index in [2.05, 4.69) is 40.4 Å². The molecule has 2 aliphatic heterocycles. The predicted octanol–water partition coefficient (Wildman–Crippen LogP) is 4.32. The summed E-state index contributed by atoms with van der Waals surface area (Å²) in [6, 6.07) is 8.88. The molecule has 1 aliphatic carbocycles. The summed E-state index contributed by atoms with van der Waals surface area (Å²) in [6.45, 7) is 7.78. The number of aryl methyl sites for hydroxylation is 1. The summed E-state index contributed by atoms with van der Waals surface area (Å²) in [7, 11) is 0. The molecule has 0 N–H and O–H groups in total. The maximum atomic E-state index is 6.29. The van der Waals surface area contributed by atoms with Crippen molar-refractivity contribution in [1.29, 1.82) is 0 Å². The van der Waals surface area contributed by atoms with Crippen molar-refractivity contribution in [1.82, 2.24) is 9.21 Å². The fourth-order valence-corrected chi connectivity index (χ4v) is 5.57. The van der Waals surface area contributed by atoms with Crippen LogP contribution in [-0.4, -0.2) is 47.7 Å². The third-order valence-corrected chi connectivity index (χ3v) is 7.20. The zero-order valence-electron chi connectivity index (χ0n) is 14.9. The highest BCUT2D eigenvalue weighted by Crippen LogP contribution is 2.41. The fraction of sp³-hybridized carbons (Fsp3) is 0.700. The molecule has 0 amide bonds. The van der Waals surface area contributed by atoms with E-state index < -0.39 is 0 Å². The first kappa shape index (κ1) is 16.9. The lowest BCUT2D eigenvalue weighted by Crippen LogP contribution is -2.51. The highest BCUT2D eigenvalue weighted by molar-refractivity contribution is 7.97. The largest absolute Gasteiger partial charge is 0.358 e. The second kappa shape index (κ2) is 7.36. The molecule has 0 atom stereocenters. The molecule has 3 aliphatic rings. The maximum Gasteiger partial charge on any atom is 0.133 e. The van der Waals surface area contributed by atoms with E-state index in [4.69, 9.17) is 4.74 Å². The molecule has 0 aromatic heterocycles. The van der Waals surface area contributed by atoms with E-state index in [0.29, 0.717) is 0 Å². The average Bonchev–Trinajstić information content (AvgIpc) is 3.23. The average molecular weight is 347 g/mol. The fourth-order valence-electron chi connectivity index (χ4n) is 4.49. The SMILES string of the molecule is Cc1ccc(SN2CCOC23CCN(CC2CCCC2)CC3)cc1. The van der Waals surface area contributed by atoms with Crippen molar-refractivity contribution in [2.45, 2.75) is 56.1 Å². The number of hydrogen-bond acceptors (Lipinski definition) is 4. The number of ether oxygens (including phenoxy) is 1. The minimum absolute atomic E-state index is 0.0261. The first-order chi connectivity index (χ1) is 11.7. The molecule has 0 unspecified atom stereocenters. The first-order valence-electron chi connectivity index (χ1n) is 9.62. The number of rotatable bonds is 4. The summed E-state index contributed by atoms with van der Waals surface area (Å²) in [5.74, 6) is 0.960. The molecule has 4 heteroatoms. The lowest BCUT2D eigenvalue weighted by Gasteiger charge is -2.43. The summed E-state index contributed by atoms with van der Waals surface area (Å²) in [6.07, 6.45) is 8.11. The van der Waals surface area contributed by atoms with Crippen molar-refractivity contribution in [3.8, 4) is 0 Å². The Balaban J connectivity index is 1.35. The highest BCUT2D eigenvalue weighted by atomic mass is 32.2. The first-order valence-corrected chi connectivity index (χ1v) is 10.4. The van der Waals surface area contributed by atoms with E-state index in [9.17, 15) is 0 Å². The second-order valence-corrected chi connectivity index (χ2v) is 8.85. The van der Waals surface area contributed by atoms with Gasteiger partial charge in [-0.3, -0.25) is 0 Å². The van der Waals surface area contributed by atoms with Crippen LogP contribution in [0.3, 0.4) is 0 Å². The molecule has 0 radical (unpaired) electrons. The van der Waals surface area contributed by atoms with Crippen LogP contribution in [0.4, 0.5) is 0 Å². The van der Waals surface area contributed by atoms with Crippen LogP contribution in [0.25, 0.3) is 0 Å². The molecule has 1 spiro atoms. The molecule has 2 heterocycles. The van der Waals surface area contributed by atoms with Gasteiger partial charge in [0.2, 0.25) is 0 Å². The molecule has 3 nitrogen and oxygen atoms in total. The van der Waals surface area contributed by atoms with Crippen LogP contribution in [0.5, 0.6) is 0 Å². The summed E-state index contributed by atoms with van der Waals surface area (Å²) in [5, 5.41) is 0. The van der Waals surface area contributed by atoms with Crippen molar-refractivity contribution < 1.29 is 4.74 Å². The van der Waals surface area contributed by atoms with Gasteiger partial charge in [-0.25, -0.2) is 4.31 Å². The standard InChI is InChI=1S/C20H30N2OS/c1-17-6-8-19(9-7-17)24-22-14-15-23-20(22)10-12-21(13-11-20)16-18-4-2-3-5-18/h6-9,18H,2-5,10-16H2,1H3. The molecule has 4 rings (SSSR count). The molecule has 0 bridgehead atoms. The number of nitrogens with zero attached hydrogens (tertiary/aromatic N) is 2. The zero-order chi connectivity index (χ0) is 16.4. The van der Waals surface area contributed by atoms with Gasteiger partial charge < -0.3 is 9.64 Å². The molecular formula is C20H30N2OS. The van der Waals surface area contributed by atoms with Crippen molar-refractivity contribution >= 4 is 11.9 Å². The van der Waals surface area contributed by atoms with Gasteiger partial charge in [-0.15, -0.1) is 0 Å². The van der Waals surface area contributed by atoms with E-state index in [-0.39, 0.29) is 5.72 Å². The minimum atomic E-state index is -0.0261. The van der Waals surface area contributed by atoms with Crippen molar-refractivity contribution in [2.24, 2.45) is 5.92 Å². The van der Waals surface area contributed by atoms with Gasteiger partial charge in [0.15, 0.2) is 0 Å². The van der Waals surface area contributed by atoms with Gasteiger partial charge in [-0.1, -0.05) is 30.5 Å². The third kappa shape index (κ3) is 3.67. The molecule has 1 saturated carbocycles. The summed E-state index contributed by atoms with van der Waals surface area (Å²) >= 11 is 1.89. The normalized spacial score (nSPS) is 25.7. The summed E-state index contributed by atoms with van der Waals surface area (Å²) < 4.78 is 8.81. The van der Waals surface area contributed by atoms with Gasteiger partial charge in [0.1, 0.15) is 5.72 Å². The number of hydrogen-bond donors (Lipinski definition) is 0.